The molecule has 16 heavy (non-hydrogen) atoms. The lowest BCUT2D eigenvalue weighted by Gasteiger charge is -2.19. The fraction of sp³-hybridized carbons (Fsp3) is 0.667. The van der Waals surface area contributed by atoms with E-state index in [-0.39, 0.29) is 4.90 Å². The summed E-state index contributed by atoms with van der Waals surface area (Å²) in [6.07, 6.45) is 3.70. The Hall–Kier alpha value is -0.400. The summed E-state index contributed by atoms with van der Waals surface area (Å²) in [5.41, 5.74) is 0. The van der Waals surface area contributed by atoms with Crippen LogP contribution in [0.3, 0.4) is 0 Å². The lowest BCUT2D eigenvalue weighted by Crippen LogP contribution is -2.33. The predicted molar refractivity (Wildman–Crippen MR) is 66.1 cm³/mol. The van der Waals surface area contributed by atoms with E-state index in [1.165, 1.54) is 21.4 Å². The molecule has 0 spiro atoms. The number of halogens is 1. The normalized spacial score (nSPS) is 12.2. The first-order chi connectivity index (χ1) is 7.52. The second-order valence-electron chi connectivity index (χ2n) is 3.44. The van der Waals surface area contributed by atoms with Gasteiger partial charge in [-0.3, -0.25) is 4.68 Å². The topological polar surface area (TPSA) is 55.2 Å². The van der Waals surface area contributed by atoms with Gasteiger partial charge in [-0.25, -0.2) is 8.42 Å². The Labute approximate surface area is 105 Å². The third kappa shape index (κ3) is 3.05. The first kappa shape index (κ1) is 13.7. The highest BCUT2D eigenvalue weighted by Crippen LogP contribution is 2.14. The highest BCUT2D eigenvalue weighted by Gasteiger charge is 2.24. The molecule has 0 aliphatic heterocycles. The number of alkyl halides is 1. The summed E-state index contributed by atoms with van der Waals surface area (Å²) in [4.78, 5) is 0.254. The molecule has 0 fully saturated rings. The highest BCUT2D eigenvalue weighted by molar-refractivity contribution is 9.09. The van der Waals surface area contributed by atoms with Gasteiger partial charge in [0.15, 0.2) is 0 Å². The molecule has 5 nitrogen and oxygen atoms in total. The Kier molecular flexibility index (Phi) is 4.94. The highest BCUT2D eigenvalue weighted by atomic mass is 79.9. The Morgan fingerprint density at radius 1 is 1.50 bits per heavy atom. The smallest absolute Gasteiger partial charge is 0.246 e. The van der Waals surface area contributed by atoms with Crippen LogP contribution < -0.4 is 0 Å². The molecule has 0 unspecified atom stereocenters. The Balaban J connectivity index is 2.97. The number of sulfonamides is 1. The number of aryl methyl sites for hydroxylation is 1. The Bertz CT molecular complexity index is 424. The van der Waals surface area contributed by atoms with E-state index in [4.69, 9.17) is 0 Å². The van der Waals surface area contributed by atoms with Gasteiger partial charge in [0.05, 0.1) is 6.20 Å². The minimum Gasteiger partial charge on any atom is -0.274 e. The van der Waals surface area contributed by atoms with Crippen molar-refractivity contribution in [3.05, 3.63) is 12.4 Å². The SMILES string of the molecule is CCCN(CCBr)S(=O)(=O)c1cnn(C)c1. The zero-order chi connectivity index (χ0) is 12.2. The van der Waals surface area contributed by atoms with Crippen LogP contribution >= 0.6 is 15.9 Å². The van der Waals surface area contributed by atoms with E-state index < -0.39 is 10.0 Å². The van der Waals surface area contributed by atoms with Crippen molar-refractivity contribution in [2.45, 2.75) is 18.2 Å². The second kappa shape index (κ2) is 5.79. The van der Waals surface area contributed by atoms with Crippen molar-refractivity contribution in [2.24, 2.45) is 7.05 Å². The summed E-state index contributed by atoms with van der Waals surface area (Å²) in [5, 5.41) is 4.52. The van der Waals surface area contributed by atoms with E-state index in [9.17, 15) is 8.42 Å². The number of hydrogen-bond donors (Lipinski definition) is 0. The lowest BCUT2D eigenvalue weighted by atomic mass is 10.5. The van der Waals surface area contributed by atoms with E-state index in [0.717, 1.165) is 6.42 Å². The molecule has 0 aromatic carbocycles. The van der Waals surface area contributed by atoms with Gasteiger partial charge in [-0.1, -0.05) is 22.9 Å². The molecule has 0 atom stereocenters. The van der Waals surface area contributed by atoms with Gasteiger partial charge in [0.1, 0.15) is 4.90 Å². The Morgan fingerprint density at radius 3 is 2.62 bits per heavy atom. The van der Waals surface area contributed by atoms with Gasteiger partial charge in [-0.2, -0.15) is 9.40 Å². The Morgan fingerprint density at radius 2 is 2.19 bits per heavy atom. The molecule has 0 bridgehead atoms. The molecule has 1 aromatic rings. The summed E-state index contributed by atoms with van der Waals surface area (Å²) < 4.78 is 27.3. The van der Waals surface area contributed by atoms with E-state index in [2.05, 4.69) is 21.0 Å². The van der Waals surface area contributed by atoms with Crippen molar-refractivity contribution in [1.29, 1.82) is 0 Å². The number of aromatic nitrogens is 2. The van der Waals surface area contributed by atoms with Gasteiger partial charge >= 0.3 is 0 Å². The second-order valence-corrected chi connectivity index (χ2v) is 6.17. The number of hydrogen-bond acceptors (Lipinski definition) is 3. The van der Waals surface area contributed by atoms with Crippen LogP contribution in [0.15, 0.2) is 17.3 Å². The van der Waals surface area contributed by atoms with Crippen LogP contribution in [0.1, 0.15) is 13.3 Å². The van der Waals surface area contributed by atoms with Crippen molar-refractivity contribution in [3.8, 4) is 0 Å². The van der Waals surface area contributed by atoms with Crippen LogP contribution in [0.2, 0.25) is 0 Å². The molecule has 0 aliphatic rings. The maximum Gasteiger partial charge on any atom is 0.246 e. The maximum atomic E-state index is 12.2. The first-order valence-corrected chi connectivity index (χ1v) is 7.63. The molecule has 7 heteroatoms. The third-order valence-electron chi connectivity index (χ3n) is 2.13. The van der Waals surface area contributed by atoms with Gasteiger partial charge in [-0.05, 0) is 6.42 Å². The summed E-state index contributed by atoms with van der Waals surface area (Å²) >= 11 is 3.26. The average Bonchev–Trinajstić information content (AvgIpc) is 2.65. The maximum absolute atomic E-state index is 12.2. The van der Waals surface area contributed by atoms with Crippen LogP contribution in [-0.2, 0) is 17.1 Å². The van der Waals surface area contributed by atoms with Gasteiger partial charge in [0, 0.05) is 31.7 Å². The van der Waals surface area contributed by atoms with Gasteiger partial charge in [0.2, 0.25) is 10.0 Å². The predicted octanol–water partition coefficient (Wildman–Crippen LogP) is 1.22. The molecule has 0 saturated carbocycles. The summed E-state index contributed by atoms with van der Waals surface area (Å²) in [7, 11) is -1.68. The third-order valence-corrected chi connectivity index (χ3v) is 4.33. The molecule has 1 rings (SSSR count). The molecular weight excluding hydrogens is 294 g/mol. The van der Waals surface area contributed by atoms with Crippen LogP contribution in [0.5, 0.6) is 0 Å². The summed E-state index contributed by atoms with van der Waals surface area (Å²) in [6, 6.07) is 0. The molecule has 0 radical (unpaired) electrons. The molecule has 1 heterocycles. The summed E-state index contributed by atoms with van der Waals surface area (Å²) in [6.45, 7) is 2.97. The molecule has 1 aromatic heterocycles. The average molecular weight is 310 g/mol. The van der Waals surface area contributed by atoms with Gasteiger partial charge in [-0.15, -0.1) is 0 Å². The van der Waals surface area contributed by atoms with Crippen molar-refractivity contribution < 1.29 is 8.42 Å². The quantitative estimate of drug-likeness (QED) is 0.742. The largest absolute Gasteiger partial charge is 0.274 e. The van der Waals surface area contributed by atoms with Gasteiger partial charge < -0.3 is 0 Å². The minimum atomic E-state index is -3.38. The zero-order valence-corrected chi connectivity index (χ0v) is 11.8. The van der Waals surface area contributed by atoms with E-state index in [1.807, 2.05) is 6.92 Å². The molecule has 0 N–H and O–H groups in total. The van der Waals surface area contributed by atoms with Crippen LogP contribution in [0.4, 0.5) is 0 Å². The molecule has 0 aliphatic carbocycles. The molecule has 0 amide bonds. The molecule has 92 valence electrons. The van der Waals surface area contributed by atoms with Crippen LogP contribution in [-0.4, -0.2) is 40.9 Å². The lowest BCUT2D eigenvalue weighted by molar-refractivity contribution is 0.430. The van der Waals surface area contributed by atoms with Crippen LogP contribution in [0.25, 0.3) is 0 Å². The number of nitrogens with zero attached hydrogens (tertiary/aromatic N) is 3. The monoisotopic (exact) mass is 309 g/mol. The standard InChI is InChI=1S/C9H16BrN3O2S/c1-3-5-13(6-4-10)16(14,15)9-7-11-12(2)8-9/h7-8H,3-6H2,1-2H3. The van der Waals surface area contributed by atoms with Crippen molar-refractivity contribution in [2.75, 3.05) is 18.4 Å². The first-order valence-electron chi connectivity index (χ1n) is 5.07. The fourth-order valence-electron chi connectivity index (χ4n) is 1.38. The molecular formula is C9H16BrN3O2S. The van der Waals surface area contributed by atoms with Gasteiger partial charge in [0.25, 0.3) is 0 Å². The van der Waals surface area contributed by atoms with Crippen molar-refractivity contribution in [3.63, 3.8) is 0 Å². The van der Waals surface area contributed by atoms with E-state index >= 15 is 0 Å². The summed E-state index contributed by atoms with van der Waals surface area (Å²) in [5.74, 6) is 0. The minimum absolute atomic E-state index is 0.254. The number of rotatable bonds is 6. The van der Waals surface area contributed by atoms with E-state index in [0.29, 0.717) is 18.4 Å². The van der Waals surface area contributed by atoms with Crippen molar-refractivity contribution in [1.82, 2.24) is 14.1 Å². The van der Waals surface area contributed by atoms with Crippen molar-refractivity contribution >= 4 is 26.0 Å². The van der Waals surface area contributed by atoms with Crippen LogP contribution in [0, 0.1) is 0 Å². The molecule has 0 saturated heterocycles. The fourth-order valence-corrected chi connectivity index (χ4v) is 3.56. The zero-order valence-electron chi connectivity index (χ0n) is 9.43. The van der Waals surface area contributed by atoms with E-state index in [1.54, 1.807) is 7.05 Å².